The lowest BCUT2D eigenvalue weighted by atomic mass is 9.63. The van der Waals surface area contributed by atoms with Crippen LogP contribution in [0.15, 0.2) is 22.7 Å². The molecule has 1 aliphatic rings. The van der Waals surface area contributed by atoms with Gasteiger partial charge < -0.3 is 0 Å². The van der Waals surface area contributed by atoms with E-state index in [2.05, 4.69) is 21.4 Å². The third-order valence-corrected chi connectivity index (χ3v) is 3.71. The summed E-state index contributed by atoms with van der Waals surface area (Å²) < 4.78 is 14.5. The van der Waals surface area contributed by atoms with Crippen molar-refractivity contribution < 1.29 is 9.18 Å². The molecule has 3 nitrogen and oxygen atoms in total. The van der Waals surface area contributed by atoms with Crippen LogP contribution in [0.5, 0.6) is 0 Å². The molecular formula is C11H12BrFN2O. The van der Waals surface area contributed by atoms with E-state index >= 15 is 0 Å². The van der Waals surface area contributed by atoms with Gasteiger partial charge in [0, 0.05) is 10.0 Å². The molecule has 0 radical (unpaired) electrons. The van der Waals surface area contributed by atoms with Gasteiger partial charge in [0.05, 0.1) is 5.41 Å². The Morgan fingerprint density at radius 1 is 1.50 bits per heavy atom. The SMILES string of the molecule is NNC(=O)C1(c2cc(Br)ccc2F)CCC1. The Hall–Kier alpha value is -0.940. The highest BCUT2D eigenvalue weighted by Crippen LogP contribution is 2.45. The second-order valence-electron chi connectivity index (χ2n) is 4.03. The maximum atomic E-state index is 13.7. The fourth-order valence-corrected chi connectivity index (χ4v) is 2.51. The van der Waals surface area contributed by atoms with Crippen LogP contribution in [0.4, 0.5) is 4.39 Å². The quantitative estimate of drug-likeness (QED) is 0.496. The van der Waals surface area contributed by atoms with Crippen molar-refractivity contribution in [3.63, 3.8) is 0 Å². The van der Waals surface area contributed by atoms with Crippen LogP contribution in [0.3, 0.4) is 0 Å². The highest BCUT2D eigenvalue weighted by Gasteiger charge is 2.47. The zero-order chi connectivity index (χ0) is 11.8. The molecule has 1 fully saturated rings. The Morgan fingerprint density at radius 3 is 2.69 bits per heavy atom. The Kier molecular flexibility index (Phi) is 2.99. The van der Waals surface area contributed by atoms with E-state index in [1.807, 2.05) is 0 Å². The summed E-state index contributed by atoms with van der Waals surface area (Å²) in [6.45, 7) is 0. The number of nitrogens with two attached hydrogens (primary N) is 1. The van der Waals surface area contributed by atoms with Crippen LogP contribution in [-0.4, -0.2) is 5.91 Å². The van der Waals surface area contributed by atoms with E-state index in [9.17, 15) is 9.18 Å². The number of hydrogen-bond acceptors (Lipinski definition) is 2. The number of rotatable bonds is 2. The smallest absolute Gasteiger partial charge is 0.244 e. The Morgan fingerprint density at radius 2 is 2.19 bits per heavy atom. The van der Waals surface area contributed by atoms with Crippen molar-refractivity contribution in [3.8, 4) is 0 Å². The first-order valence-electron chi connectivity index (χ1n) is 5.07. The summed E-state index contributed by atoms with van der Waals surface area (Å²) in [6, 6.07) is 4.64. The van der Waals surface area contributed by atoms with E-state index in [0.717, 1.165) is 10.9 Å². The molecule has 2 rings (SSSR count). The van der Waals surface area contributed by atoms with Crippen LogP contribution < -0.4 is 11.3 Å². The normalized spacial score (nSPS) is 17.7. The molecule has 3 N–H and O–H groups in total. The average Bonchev–Trinajstić information content (AvgIpc) is 2.21. The summed E-state index contributed by atoms with van der Waals surface area (Å²) in [7, 11) is 0. The number of carbonyl (C=O) groups excluding carboxylic acids is 1. The summed E-state index contributed by atoms with van der Waals surface area (Å²) in [6.07, 6.45) is 2.20. The number of hydrogen-bond donors (Lipinski definition) is 2. The van der Waals surface area contributed by atoms with Gasteiger partial charge in [0.15, 0.2) is 0 Å². The van der Waals surface area contributed by atoms with E-state index < -0.39 is 5.41 Å². The van der Waals surface area contributed by atoms with E-state index in [4.69, 9.17) is 5.84 Å². The molecule has 0 aliphatic heterocycles. The number of halogens is 2. The van der Waals surface area contributed by atoms with E-state index in [1.54, 1.807) is 12.1 Å². The standard InChI is InChI=1S/C11H12BrFN2O/c12-7-2-3-9(13)8(6-7)11(4-1-5-11)10(16)15-14/h2-3,6H,1,4-5,14H2,(H,15,16). The molecule has 0 saturated heterocycles. The van der Waals surface area contributed by atoms with Crippen molar-refractivity contribution in [2.75, 3.05) is 0 Å². The van der Waals surface area contributed by atoms with Crippen LogP contribution in [0.1, 0.15) is 24.8 Å². The van der Waals surface area contributed by atoms with Gasteiger partial charge >= 0.3 is 0 Å². The van der Waals surface area contributed by atoms with Crippen molar-refractivity contribution >= 4 is 21.8 Å². The fourth-order valence-electron chi connectivity index (χ4n) is 2.15. The van der Waals surface area contributed by atoms with Gasteiger partial charge in [-0.05, 0) is 31.0 Å². The monoisotopic (exact) mass is 286 g/mol. The van der Waals surface area contributed by atoms with Gasteiger partial charge in [-0.1, -0.05) is 22.4 Å². The number of hydrazine groups is 1. The van der Waals surface area contributed by atoms with Crippen LogP contribution in [0.25, 0.3) is 0 Å². The average molecular weight is 287 g/mol. The minimum absolute atomic E-state index is 0.309. The summed E-state index contributed by atoms with van der Waals surface area (Å²) in [4.78, 5) is 11.8. The van der Waals surface area contributed by atoms with Crippen molar-refractivity contribution in [2.24, 2.45) is 5.84 Å². The molecule has 1 aliphatic carbocycles. The molecular weight excluding hydrogens is 275 g/mol. The molecule has 16 heavy (non-hydrogen) atoms. The first kappa shape index (κ1) is 11.5. The van der Waals surface area contributed by atoms with Gasteiger partial charge in [-0.15, -0.1) is 0 Å². The lowest BCUT2D eigenvalue weighted by Crippen LogP contribution is -2.51. The number of benzene rings is 1. The van der Waals surface area contributed by atoms with E-state index in [0.29, 0.717) is 18.4 Å². The van der Waals surface area contributed by atoms with Gasteiger partial charge in [0.2, 0.25) is 5.91 Å². The van der Waals surface area contributed by atoms with Crippen molar-refractivity contribution in [1.29, 1.82) is 0 Å². The lowest BCUT2D eigenvalue weighted by Gasteiger charge is -2.40. The summed E-state index contributed by atoms with van der Waals surface area (Å²) in [5.74, 6) is 4.49. The number of amides is 1. The molecule has 1 saturated carbocycles. The largest absolute Gasteiger partial charge is 0.293 e. The molecule has 0 bridgehead atoms. The van der Waals surface area contributed by atoms with Gasteiger partial charge in [0.1, 0.15) is 5.82 Å². The Bertz CT molecular complexity index is 432. The van der Waals surface area contributed by atoms with Crippen molar-refractivity contribution in [3.05, 3.63) is 34.1 Å². The second-order valence-corrected chi connectivity index (χ2v) is 4.95. The zero-order valence-electron chi connectivity index (χ0n) is 8.59. The fraction of sp³-hybridized carbons (Fsp3) is 0.364. The van der Waals surface area contributed by atoms with Crippen LogP contribution in [0, 0.1) is 5.82 Å². The van der Waals surface area contributed by atoms with Crippen LogP contribution in [-0.2, 0) is 10.2 Å². The molecule has 1 amide bonds. The predicted octanol–water partition coefficient (Wildman–Crippen LogP) is 2.00. The number of nitrogens with one attached hydrogen (secondary N) is 1. The summed E-state index contributed by atoms with van der Waals surface area (Å²) in [5, 5.41) is 0. The minimum Gasteiger partial charge on any atom is -0.293 e. The zero-order valence-corrected chi connectivity index (χ0v) is 10.2. The topological polar surface area (TPSA) is 55.1 Å². The molecule has 1 aromatic carbocycles. The second kappa shape index (κ2) is 4.14. The molecule has 0 heterocycles. The third kappa shape index (κ3) is 1.64. The van der Waals surface area contributed by atoms with Gasteiger partial charge in [-0.2, -0.15) is 0 Å². The first-order valence-corrected chi connectivity index (χ1v) is 5.86. The minimum atomic E-state index is -0.775. The maximum Gasteiger partial charge on any atom is 0.244 e. The molecule has 0 aromatic heterocycles. The maximum absolute atomic E-state index is 13.7. The van der Waals surface area contributed by atoms with Crippen LogP contribution >= 0.6 is 15.9 Å². The predicted molar refractivity (Wildman–Crippen MR) is 62.0 cm³/mol. The third-order valence-electron chi connectivity index (χ3n) is 3.22. The lowest BCUT2D eigenvalue weighted by molar-refractivity contribution is -0.130. The van der Waals surface area contributed by atoms with Crippen LogP contribution in [0.2, 0.25) is 0 Å². The Labute approximate surface area is 101 Å². The van der Waals surface area contributed by atoms with Crippen molar-refractivity contribution in [1.82, 2.24) is 5.43 Å². The summed E-state index contributed by atoms with van der Waals surface area (Å²) in [5.41, 5.74) is 1.78. The van der Waals surface area contributed by atoms with Gasteiger partial charge in [-0.3, -0.25) is 10.2 Å². The molecule has 5 heteroatoms. The molecule has 86 valence electrons. The number of carbonyl (C=O) groups is 1. The Balaban J connectivity index is 2.48. The molecule has 0 spiro atoms. The molecule has 1 aromatic rings. The van der Waals surface area contributed by atoms with E-state index in [1.165, 1.54) is 6.07 Å². The summed E-state index contributed by atoms with van der Waals surface area (Å²) >= 11 is 3.28. The molecule has 0 unspecified atom stereocenters. The van der Waals surface area contributed by atoms with Gasteiger partial charge in [0.25, 0.3) is 0 Å². The highest BCUT2D eigenvalue weighted by atomic mass is 79.9. The van der Waals surface area contributed by atoms with E-state index in [-0.39, 0.29) is 11.7 Å². The highest BCUT2D eigenvalue weighted by molar-refractivity contribution is 9.10. The van der Waals surface area contributed by atoms with Gasteiger partial charge in [-0.25, -0.2) is 10.2 Å². The first-order chi connectivity index (χ1) is 7.60. The van der Waals surface area contributed by atoms with Crippen molar-refractivity contribution in [2.45, 2.75) is 24.7 Å². The molecule has 0 atom stereocenters.